The SMILES string of the molecule is Cc1ccc2nc(NC(=O)CCc3nc4ccccc4s3)sc2c1. The molecule has 0 fully saturated rings. The molecule has 0 radical (unpaired) electrons. The molecule has 2 aromatic heterocycles. The van der Waals surface area contributed by atoms with Crippen LogP contribution in [0.25, 0.3) is 20.4 Å². The van der Waals surface area contributed by atoms with Gasteiger partial charge in [-0.05, 0) is 36.8 Å². The van der Waals surface area contributed by atoms with Gasteiger partial charge in [-0.2, -0.15) is 0 Å². The number of hydrogen-bond acceptors (Lipinski definition) is 5. The van der Waals surface area contributed by atoms with Crippen LogP contribution < -0.4 is 5.32 Å². The van der Waals surface area contributed by atoms with Crippen molar-refractivity contribution in [2.24, 2.45) is 0 Å². The van der Waals surface area contributed by atoms with Crippen LogP contribution in [0.4, 0.5) is 5.13 Å². The highest BCUT2D eigenvalue weighted by Gasteiger charge is 2.10. The van der Waals surface area contributed by atoms with E-state index in [-0.39, 0.29) is 5.91 Å². The van der Waals surface area contributed by atoms with Gasteiger partial charge in [-0.3, -0.25) is 4.79 Å². The Morgan fingerprint density at radius 3 is 2.75 bits per heavy atom. The molecule has 4 aromatic rings. The highest BCUT2D eigenvalue weighted by Crippen LogP contribution is 2.27. The Hall–Kier alpha value is -2.31. The topological polar surface area (TPSA) is 54.9 Å². The Kier molecular flexibility index (Phi) is 4.00. The molecule has 0 aliphatic heterocycles. The molecular weight excluding hydrogens is 338 g/mol. The third-order valence-electron chi connectivity index (χ3n) is 3.69. The smallest absolute Gasteiger partial charge is 0.226 e. The number of thiazole rings is 2. The lowest BCUT2D eigenvalue weighted by molar-refractivity contribution is -0.116. The minimum atomic E-state index is -0.0231. The molecule has 0 atom stereocenters. The summed E-state index contributed by atoms with van der Waals surface area (Å²) in [5.41, 5.74) is 3.12. The molecule has 120 valence electrons. The highest BCUT2D eigenvalue weighted by atomic mass is 32.1. The third-order valence-corrected chi connectivity index (χ3v) is 5.72. The molecule has 6 heteroatoms. The van der Waals surface area contributed by atoms with E-state index < -0.39 is 0 Å². The van der Waals surface area contributed by atoms with Crippen molar-refractivity contribution in [3.63, 3.8) is 0 Å². The van der Waals surface area contributed by atoms with E-state index in [0.717, 1.165) is 25.4 Å². The van der Waals surface area contributed by atoms with E-state index in [1.807, 2.05) is 30.3 Å². The average Bonchev–Trinajstić information content (AvgIpc) is 3.15. The zero-order chi connectivity index (χ0) is 16.5. The van der Waals surface area contributed by atoms with E-state index in [0.29, 0.717) is 18.0 Å². The molecule has 1 N–H and O–H groups in total. The van der Waals surface area contributed by atoms with Gasteiger partial charge in [0.2, 0.25) is 5.91 Å². The summed E-state index contributed by atoms with van der Waals surface area (Å²) in [7, 11) is 0. The fraction of sp³-hybridized carbons (Fsp3) is 0.167. The zero-order valence-electron chi connectivity index (χ0n) is 13.1. The van der Waals surface area contributed by atoms with Crippen molar-refractivity contribution in [1.29, 1.82) is 0 Å². The van der Waals surface area contributed by atoms with E-state index in [2.05, 4.69) is 34.3 Å². The molecule has 0 spiro atoms. The number of rotatable bonds is 4. The van der Waals surface area contributed by atoms with Crippen molar-refractivity contribution in [2.75, 3.05) is 5.32 Å². The van der Waals surface area contributed by atoms with Crippen LogP contribution in [0.15, 0.2) is 42.5 Å². The lowest BCUT2D eigenvalue weighted by Gasteiger charge is -1.99. The van der Waals surface area contributed by atoms with Crippen molar-refractivity contribution in [3.8, 4) is 0 Å². The van der Waals surface area contributed by atoms with Crippen LogP contribution in [0.5, 0.6) is 0 Å². The van der Waals surface area contributed by atoms with E-state index in [1.54, 1.807) is 11.3 Å². The summed E-state index contributed by atoms with van der Waals surface area (Å²) in [6.07, 6.45) is 1.06. The van der Waals surface area contributed by atoms with Gasteiger partial charge < -0.3 is 5.32 Å². The maximum Gasteiger partial charge on any atom is 0.226 e. The van der Waals surface area contributed by atoms with E-state index in [4.69, 9.17) is 0 Å². The molecule has 4 nitrogen and oxygen atoms in total. The third kappa shape index (κ3) is 3.16. The fourth-order valence-corrected chi connectivity index (χ4v) is 4.46. The van der Waals surface area contributed by atoms with Gasteiger partial charge in [0, 0.05) is 12.8 Å². The fourth-order valence-electron chi connectivity index (χ4n) is 2.51. The summed E-state index contributed by atoms with van der Waals surface area (Å²) >= 11 is 3.16. The standard InChI is InChI=1S/C18H15N3OS2/c1-11-6-7-13-15(10-11)24-18(20-13)21-16(22)8-9-17-19-12-4-2-3-5-14(12)23-17/h2-7,10H,8-9H2,1H3,(H,20,21,22). The van der Waals surface area contributed by atoms with Crippen LogP contribution in [-0.4, -0.2) is 15.9 Å². The molecule has 4 rings (SSSR count). The first-order valence-corrected chi connectivity index (χ1v) is 9.32. The van der Waals surface area contributed by atoms with Gasteiger partial charge in [0.25, 0.3) is 0 Å². The molecule has 2 heterocycles. The normalized spacial score (nSPS) is 11.2. The number of carbonyl (C=O) groups is 1. The first-order valence-electron chi connectivity index (χ1n) is 7.69. The van der Waals surface area contributed by atoms with Crippen molar-refractivity contribution in [3.05, 3.63) is 53.0 Å². The minimum Gasteiger partial charge on any atom is -0.302 e. The summed E-state index contributed by atoms with van der Waals surface area (Å²) in [5, 5.41) is 4.55. The Labute approximate surface area is 147 Å². The number of carbonyl (C=O) groups excluding carboxylic acids is 1. The maximum absolute atomic E-state index is 12.2. The van der Waals surface area contributed by atoms with Gasteiger partial charge in [0.05, 0.1) is 25.4 Å². The molecule has 24 heavy (non-hydrogen) atoms. The largest absolute Gasteiger partial charge is 0.302 e. The maximum atomic E-state index is 12.2. The Morgan fingerprint density at radius 1 is 1.04 bits per heavy atom. The zero-order valence-corrected chi connectivity index (χ0v) is 14.7. The quantitative estimate of drug-likeness (QED) is 0.574. The number of anilines is 1. The van der Waals surface area contributed by atoms with Crippen LogP contribution in [0.3, 0.4) is 0 Å². The predicted octanol–water partition coefficient (Wildman–Crippen LogP) is 4.79. The Bertz CT molecular complexity index is 1000. The molecule has 1 amide bonds. The number of nitrogens with zero attached hydrogens (tertiary/aromatic N) is 2. The second-order valence-corrected chi connectivity index (χ2v) is 7.76. The number of para-hydroxylation sites is 1. The lowest BCUT2D eigenvalue weighted by Crippen LogP contribution is -2.11. The number of hydrogen-bond donors (Lipinski definition) is 1. The molecule has 0 saturated heterocycles. The van der Waals surface area contributed by atoms with Gasteiger partial charge >= 0.3 is 0 Å². The van der Waals surface area contributed by atoms with Gasteiger partial charge in [0.15, 0.2) is 5.13 Å². The molecular formula is C18H15N3OS2. The predicted molar refractivity (Wildman–Crippen MR) is 101 cm³/mol. The van der Waals surface area contributed by atoms with Crippen LogP contribution in [0.2, 0.25) is 0 Å². The number of benzene rings is 2. The summed E-state index contributed by atoms with van der Waals surface area (Å²) in [6.45, 7) is 2.05. The summed E-state index contributed by atoms with van der Waals surface area (Å²) < 4.78 is 2.26. The summed E-state index contributed by atoms with van der Waals surface area (Å²) in [5.74, 6) is -0.0231. The monoisotopic (exact) mass is 353 g/mol. The highest BCUT2D eigenvalue weighted by molar-refractivity contribution is 7.22. The number of fused-ring (bicyclic) bond motifs is 2. The Balaban J connectivity index is 1.42. The second kappa shape index (κ2) is 6.30. The molecule has 0 unspecified atom stereocenters. The molecule has 0 aliphatic rings. The lowest BCUT2D eigenvalue weighted by atomic mass is 10.2. The average molecular weight is 353 g/mol. The molecule has 0 bridgehead atoms. The number of aryl methyl sites for hydroxylation is 2. The van der Waals surface area contributed by atoms with Crippen molar-refractivity contribution >= 4 is 54.1 Å². The van der Waals surface area contributed by atoms with Crippen molar-refractivity contribution < 1.29 is 4.79 Å². The van der Waals surface area contributed by atoms with Gasteiger partial charge in [-0.15, -0.1) is 11.3 Å². The first-order chi connectivity index (χ1) is 11.7. The van der Waals surface area contributed by atoms with Crippen LogP contribution in [-0.2, 0) is 11.2 Å². The second-order valence-electron chi connectivity index (χ2n) is 5.61. The van der Waals surface area contributed by atoms with Gasteiger partial charge in [-0.1, -0.05) is 29.5 Å². The first kappa shape index (κ1) is 15.2. The van der Waals surface area contributed by atoms with Gasteiger partial charge in [-0.25, -0.2) is 9.97 Å². The summed E-state index contributed by atoms with van der Waals surface area (Å²) in [4.78, 5) is 21.2. The molecule has 0 saturated carbocycles. The van der Waals surface area contributed by atoms with E-state index in [1.165, 1.54) is 16.9 Å². The van der Waals surface area contributed by atoms with E-state index >= 15 is 0 Å². The minimum absolute atomic E-state index is 0.0231. The molecule has 2 aromatic carbocycles. The van der Waals surface area contributed by atoms with Crippen molar-refractivity contribution in [1.82, 2.24) is 9.97 Å². The van der Waals surface area contributed by atoms with Crippen molar-refractivity contribution in [2.45, 2.75) is 19.8 Å². The van der Waals surface area contributed by atoms with Crippen LogP contribution >= 0.6 is 22.7 Å². The number of amides is 1. The van der Waals surface area contributed by atoms with E-state index in [9.17, 15) is 4.79 Å². The summed E-state index contributed by atoms with van der Waals surface area (Å²) in [6, 6.07) is 14.1. The Morgan fingerprint density at radius 2 is 1.88 bits per heavy atom. The van der Waals surface area contributed by atoms with Gasteiger partial charge in [0.1, 0.15) is 0 Å². The van der Waals surface area contributed by atoms with Crippen LogP contribution in [0, 0.1) is 6.92 Å². The number of aromatic nitrogens is 2. The van der Waals surface area contributed by atoms with Crippen LogP contribution in [0.1, 0.15) is 17.0 Å². The molecule has 0 aliphatic carbocycles. The number of nitrogens with one attached hydrogen (secondary N) is 1.